The summed E-state index contributed by atoms with van der Waals surface area (Å²) in [7, 11) is 0. The smallest absolute Gasteiger partial charge is 0.138 e. The first kappa shape index (κ1) is 13.8. The number of hydrogen-bond acceptors (Lipinski definition) is 0. The van der Waals surface area contributed by atoms with Crippen LogP contribution in [-0.4, -0.2) is 0 Å². The molecule has 0 fully saturated rings. The van der Waals surface area contributed by atoms with Gasteiger partial charge in [-0.1, -0.05) is 67.0 Å². The molecule has 20 heavy (non-hydrogen) atoms. The van der Waals surface area contributed by atoms with Gasteiger partial charge in [0.25, 0.3) is 0 Å². The number of benzene rings is 2. The van der Waals surface area contributed by atoms with Gasteiger partial charge < -0.3 is 0 Å². The van der Waals surface area contributed by atoms with Crippen LogP contribution in [0.25, 0.3) is 12.2 Å². The van der Waals surface area contributed by atoms with E-state index in [1.807, 2.05) is 43.3 Å². The van der Waals surface area contributed by atoms with Crippen molar-refractivity contribution in [2.24, 2.45) is 0 Å². The summed E-state index contributed by atoms with van der Waals surface area (Å²) in [6, 6.07) is 14.3. The molecule has 98 valence electrons. The Morgan fingerprint density at radius 1 is 1.10 bits per heavy atom. The number of halogens is 1. The van der Waals surface area contributed by atoms with Crippen molar-refractivity contribution in [2.45, 2.75) is 6.92 Å². The number of rotatable bonds is 1. The van der Waals surface area contributed by atoms with E-state index in [1.165, 1.54) is 6.07 Å². The van der Waals surface area contributed by atoms with E-state index < -0.39 is 0 Å². The minimum absolute atomic E-state index is 0.303. The third-order valence-corrected chi connectivity index (χ3v) is 2.85. The van der Waals surface area contributed by atoms with Crippen LogP contribution in [0, 0.1) is 17.7 Å². The van der Waals surface area contributed by atoms with Crippen molar-refractivity contribution >= 4 is 12.2 Å². The minimum atomic E-state index is -0.303. The third kappa shape index (κ3) is 3.24. The quantitative estimate of drug-likeness (QED) is 0.693. The van der Waals surface area contributed by atoms with Gasteiger partial charge in [-0.25, -0.2) is 4.39 Å². The maximum Gasteiger partial charge on any atom is 0.138 e. The Bertz CT molecular complexity index is 801. The molecular weight excluding hydrogens is 247 g/mol. The van der Waals surface area contributed by atoms with Crippen LogP contribution in [0.15, 0.2) is 60.7 Å². The summed E-state index contributed by atoms with van der Waals surface area (Å²) < 4.78 is 13.6. The average Bonchev–Trinajstić information content (AvgIpc) is 2.46. The predicted molar refractivity (Wildman–Crippen MR) is 82.7 cm³/mol. The van der Waals surface area contributed by atoms with Crippen LogP contribution in [-0.2, 0) is 0 Å². The molecular formula is C19H15F. The lowest BCUT2D eigenvalue weighted by Gasteiger charge is -1.95. The standard InChI is InChI=1S/C19H15F/c1-3-8-16(18-11-6-4-9-15(18)2)13-14-17-10-5-7-12-19(17)20/h3-12H,2H2,1H3/b8-3-,18-16+. The van der Waals surface area contributed by atoms with Gasteiger partial charge in [-0.2, -0.15) is 0 Å². The van der Waals surface area contributed by atoms with E-state index in [1.54, 1.807) is 18.2 Å². The van der Waals surface area contributed by atoms with E-state index in [-0.39, 0.29) is 5.82 Å². The van der Waals surface area contributed by atoms with Crippen LogP contribution in [0.2, 0.25) is 0 Å². The van der Waals surface area contributed by atoms with Crippen LogP contribution in [0.1, 0.15) is 12.5 Å². The third-order valence-electron chi connectivity index (χ3n) is 2.85. The van der Waals surface area contributed by atoms with E-state index in [0.717, 1.165) is 16.0 Å². The van der Waals surface area contributed by atoms with Crippen LogP contribution in [0.5, 0.6) is 0 Å². The molecule has 0 saturated heterocycles. The molecule has 0 unspecified atom stereocenters. The molecule has 0 nitrogen and oxygen atoms in total. The Morgan fingerprint density at radius 3 is 2.50 bits per heavy atom. The fourth-order valence-electron chi connectivity index (χ4n) is 1.85. The average molecular weight is 262 g/mol. The summed E-state index contributed by atoms with van der Waals surface area (Å²) in [5, 5.41) is 1.87. The topological polar surface area (TPSA) is 0 Å². The fraction of sp³-hybridized carbons (Fsp3) is 0.0526. The molecule has 2 aromatic carbocycles. The first-order valence-electron chi connectivity index (χ1n) is 6.40. The molecule has 0 atom stereocenters. The fourth-order valence-corrected chi connectivity index (χ4v) is 1.85. The lowest BCUT2D eigenvalue weighted by atomic mass is 10.1. The number of hydrogen-bond donors (Lipinski definition) is 0. The molecule has 0 heterocycles. The van der Waals surface area contributed by atoms with Gasteiger partial charge in [0.05, 0.1) is 5.56 Å². The zero-order valence-electron chi connectivity index (χ0n) is 11.4. The summed E-state index contributed by atoms with van der Waals surface area (Å²) in [5.41, 5.74) is 1.23. The van der Waals surface area contributed by atoms with Crippen molar-refractivity contribution < 1.29 is 4.39 Å². The van der Waals surface area contributed by atoms with Gasteiger partial charge in [-0.05, 0) is 29.5 Å². The van der Waals surface area contributed by atoms with Crippen molar-refractivity contribution in [1.29, 1.82) is 0 Å². The summed E-state index contributed by atoms with van der Waals surface area (Å²) in [5.74, 6) is 5.61. The Balaban J connectivity index is 2.60. The van der Waals surface area contributed by atoms with Crippen LogP contribution >= 0.6 is 0 Å². The van der Waals surface area contributed by atoms with Crippen LogP contribution < -0.4 is 10.4 Å². The second-order valence-corrected chi connectivity index (χ2v) is 4.30. The highest BCUT2D eigenvalue weighted by Crippen LogP contribution is 2.04. The zero-order chi connectivity index (χ0) is 14.4. The van der Waals surface area contributed by atoms with Crippen molar-refractivity contribution in [1.82, 2.24) is 0 Å². The largest absolute Gasteiger partial charge is 0.206 e. The number of allylic oxidation sites excluding steroid dienone is 2. The molecule has 0 amide bonds. The summed E-state index contributed by atoms with van der Waals surface area (Å²) in [4.78, 5) is 0. The van der Waals surface area contributed by atoms with Gasteiger partial charge in [-0.3, -0.25) is 0 Å². The zero-order valence-corrected chi connectivity index (χ0v) is 11.4. The summed E-state index contributed by atoms with van der Waals surface area (Å²) in [6.45, 7) is 5.93. The van der Waals surface area contributed by atoms with E-state index in [2.05, 4.69) is 18.4 Å². The van der Waals surface area contributed by atoms with Gasteiger partial charge in [-0.15, -0.1) is 0 Å². The second-order valence-electron chi connectivity index (χ2n) is 4.30. The highest BCUT2D eigenvalue weighted by molar-refractivity contribution is 5.73. The molecule has 0 bridgehead atoms. The van der Waals surface area contributed by atoms with Gasteiger partial charge >= 0.3 is 0 Å². The SMILES string of the molecule is C=c1cccc/c1=C(C#Cc1ccccc1F)/C=C\C. The highest BCUT2D eigenvalue weighted by atomic mass is 19.1. The molecule has 0 spiro atoms. The maximum atomic E-state index is 13.6. The predicted octanol–water partition coefficient (Wildman–Crippen LogP) is 3.01. The molecule has 0 N–H and O–H groups in total. The lowest BCUT2D eigenvalue weighted by molar-refractivity contribution is 0.624. The molecule has 0 aliphatic carbocycles. The van der Waals surface area contributed by atoms with Crippen LogP contribution in [0.4, 0.5) is 4.39 Å². The molecule has 0 saturated carbocycles. The molecule has 0 aliphatic rings. The normalized spacial score (nSPS) is 11.9. The van der Waals surface area contributed by atoms with Crippen molar-refractivity contribution in [2.75, 3.05) is 0 Å². The Labute approximate surface area is 118 Å². The van der Waals surface area contributed by atoms with Gasteiger partial charge in [0, 0.05) is 5.57 Å². The second kappa shape index (κ2) is 6.54. The van der Waals surface area contributed by atoms with E-state index in [4.69, 9.17) is 0 Å². The van der Waals surface area contributed by atoms with E-state index in [9.17, 15) is 4.39 Å². The molecule has 1 heteroatoms. The van der Waals surface area contributed by atoms with Crippen molar-refractivity contribution in [3.8, 4) is 11.8 Å². The van der Waals surface area contributed by atoms with E-state index >= 15 is 0 Å². The summed E-state index contributed by atoms with van der Waals surface area (Å²) >= 11 is 0. The molecule has 2 rings (SSSR count). The van der Waals surface area contributed by atoms with Gasteiger partial charge in [0.1, 0.15) is 5.82 Å². The Kier molecular flexibility index (Phi) is 4.52. The van der Waals surface area contributed by atoms with E-state index in [0.29, 0.717) is 5.56 Å². The molecule has 0 aromatic heterocycles. The molecule has 0 radical (unpaired) electrons. The Morgan fingerprint density at radius 2 is 1.80 bits per heavy atom. The minimum Gasteiger partial charge on any atom is -0.206 e. The first-order chi connectivity index (χ1) is 9.72. The first-order valence-corrected chi connectivity index (χ1v) is 6.40. The monoisotopic (exact) mass is 262 g/mol. The highest BCUT2D eigenvalue weighted by Gasteiger charge is 1.96. The lowest BCUT2D eigenvalue weighted by Crippen LogP contribution is -2.24. The maximum absolute atomic E-state index is 13.6. The Hall–Kier alpha value is -2.59. The molecule has 0 aliphatic heterocycles. The van der Waals surface area contributed by atoms with Crippen molar-refractivity contribution in [3.05, 3.63) is 82.5 Å². The van der Waals surface area contributed by atoms with Gasteiger partial charge in [0.2, 0.25) is 0 Å². The van der Waals surface area contributed by atoms with Crippen LogP contribution in [0.3, 0.4) is 0 Å². The van der Waals surface area contributed by atoms with Crippen molar-refractivity contribution in [3.63, 3.8) is 0 Å². The summed E-state index contributed by atoms with van der Waals surface area (Å²) in [6.07, 6.45) is 3.83. The molecule has 2 aromatic rings. The van der Waals surface area contributed by atoms with Gasteiger partial charge in [0.15, 0.2) is 0 Å².